The summed E-state index contributed by atoms with van der Waals surface area (Å²) in [6.07, 6.45) is 3.07. The van der Waals surface area contributed by atoms with Crippen LogP contribution in [-0.4, -0.2) is 39.9 Å². The van der Waals surface area contributed by atoms with Crippen molar-refractivity contribution in [2.24, 2.45) is 5.73 Å². The van der Waals surface area contributed by atoms with E-state index in [1.165, 1.54) is 29.8 Å². The Bertz CT molecular complexity index is 2200. The standard InChI is InChI=1S/C42H42ClN5O5/c1-25-30(6-4-8-34(25)35-9-5-7-33(26(35)2)29-10-11-36-31(13-29)19-47-21-38(36)45)23-53-40-15-39(52-22-28-12-27(16-44)17-46-18-28)32(14-37(40)43)20-48-42(3,24-49)41(50)51/h4-15,17-18,38,47-49H,19-24,45H2,1-3H3,(H,50,51). The minimum absolute atomic E-state index is 0.00524. The van der Waals surface area contributed by atoms with Crippen LogP contribution in [0.4, 0.5) is 0 Å². The highest BCUT2D eigenvalue weighted by atomic mass is 35.5. The Hall–Kier alpha value is -5.28. The van der Waals surface area contributed by atoms with Gasteiger partial charge < -0.3 is 30.7 Å². The number of nitrogens with one attached hydrogen (secondary N) is 2. The molecule has 1 aliphatic heterocycles. The first-order valence-corrected chi connectivity index (χ1v) is 17.7. The maximum absolute atomic E-state index is 11.8. The number of benzene rings is 4. The van der Waals surface area contributed by atoms with Crippen LogP contribution >= 0.6 is 11.6 Å². The van der Waals surface area contributed by atoms with E-state index in [1.807, 2.05) is 12.1 Å². The van der Waals surface area contributed by atoms with Gasteiger partial charge in [0.25, 0.3) is 0 Å². The molecule has 1 aromatic heterocycles. The first kappa shape index (κ1) is 37.5. The monoisotopic (exact) mass is 731 g/mol. The van der Waals surface area contributed by atoms with Crippen molar-refractivity contribution in [2.45, 2.75) is 58.7 Å². The zero-order chi connectivity index (χ0) is 37.7. The Labute approximate surface area is 314 Å². The molecule has 5 aromatic rings. The van der Waals surface area contributed by atoms with Crippen molar-refractivity contribution in [3.8, 4) is 39.8 Å². The summed E-state index contributed by atoms with van der Waals surface area (Å²) >= 11 is 6.76. The van der Waals surface area contributed by atoms with Gasteiger partial charge in [0.15, 0.2) is 0 Å². The van der Waals surface area contributed by atoms with E-state index in [0.29, 0.717) is 33.2 Å². The van der Waals surface area contributed by atoms with Crippen LogP contribution in [0.2, 0.25) is 5.02 Å². The van der Waals surface area contributed by atoms with E-state index in [1.54, 1.807) is 24.4 Å². The fourth-order valence-corrected chi connectivity index (χ4v) is 6.77. The molecular formula is C42H42ClN5O5. The lowest BCUT2D eigenvalue weighted by Gasteiger charge is -2.25. The van der Waals surface area contributed by atoms with Crippen LogP contribution in [0, 0.1) is 25.2 Å². The van der Waals surface area contributed by atoms with E-state index < -0.39 is 18.1 Å². The summed E-state index contributed by atoms with van der Waals surface area (Å²) in [7, 11) is 0. The molecule has 6 N–H and O–H groups in total. The molecule has 10 nitrogen and oxygen atoms in total. The molecule has 0 fully saturated rings. The van der Waals surface area contributed by atoms with Gasteiger partial charge in [-0.2, -0.15) is 5.26 Å². The number of nitriles is 1. The van der Waals surface area contributed by atoms with Crippen molar-refractivity contribution in [3.63, 3.8) is 0 Å². The summed E-state index contributed by atoms with van der Waals surface area (Å²) < 4.78 is 12.5. The van der Waals surface area contributed by atoms with Crippen molar-refractivity contribution < 1.29 is 24.5 Å². The molecule has 0 spiro atoms. The maximum Gasteiger partial charge on any atom is 0.326 e. The quantitative estimate of drug-likeness (QED) is 0.0876. The molecule has 11 heteroatoms. The largest absolute Gasteiger partial charge is 0.488 e. The van der Waals surface area contributed by atoms with Gasteiger partial charge in [-0.1, -0.05) is 60.1 Å². The van der Waals surface area contributed by atoms with Gasteiger partial charge in [0.2, 0.25) is 0 Å². The molecule has 2 heterocycles. The number of nitrogens with two attached hydrogens (primary N) is 1. The molecule has 2 atom stereocenters. The van der Waals surface area contributed by atoms with E-state index in [9.17, 15) is 20.3 Å². The van der Waals surface area contributed by atoms with Gasteiger partial charge in [-0.15, -0.1) is 0 Å². The lowest BCUT2D eigenvalue weighted by Crippen LogP contribution is -2.52. The molecule has 2 unspecified atom stereocenters. The predicted molar refractivity (Wildman–Crippen MR) is 204 cm³/mol. The first-order chi connectivity index (χ1) is 25.5. The first-order valence-electron chi connectivity index (χ1n) is 17.3. The zero-order valence-electron chi connectivity index (χ0n) is 29.9. The Kier molecular flexibility index (Phi) is 11.4. The SMILES string of the molecule is Cc1c(COc2cc(OCc3cncc(C#N)c3)c(CNC(C)(CO)C(=O)O)cc2Cl)cccc1-c1cccc(-c2ccc3c(c2)CNCC3N)c1C. The minimum atomic E-state index is -1.59. The zero-order valence-corrected chi connectivity index (χ0v) is 30.6. The average molecular weight is 732 g/mol. The van der Waals surface area contributed by atoms with Crippen molar-refractivity contribution in [3.05, 3.63) is 135 Å². The van der Waals surface area contributed by atoms with Gasteiger partial charge in [0.1, 0.15) is 36.3 Å². The Balaban J connectivity index is 1.26. The van der Waals surface area contributed by atoms with Crippen LogP contribution in [0.1, 0.15) is 57.5 Å². The van der Waals surface area contributed by atoms with Crippen molar-refractivity contribution >= 4 is 17.6 Å². The fourth-order valence-electron chi connectivity index (χ4n) is 6.52. The number of aromatic nitrogens is 1. The van der Waals surface area contributed by atoms with Gasteiger partial charge in [0, 0.05) is 55.3 Å². The topological polar surface area (TPSA) is 163 Å². The van der Waals surface area contributed by atoms with Crippen molar-refractivity contribution in [1.82, 2.24) is 15.6 Å². The van der Waals surface area contributed by atoms with Gasteiger partial charge in [-0.25, -0.2) is 0 Å². The summed E-state index contributed by atoms with van der Waals surface area (Å²) in [5.74, 6) is -0.432. The number of aliphatic hydroxyl groups is 1. The highest BCUT2D eigenvalue weighted by molar-refractivity contribution is 6.32. The van der Waals surface area contributed by atoms with Crippen LogP contribution in [0.5, 0.6) is 11.5 Å². The molecule has 4 aromatic carbocycles. The van der Waals surface area contributed by atoms with Crippen LogP contribution in [0.15, 0.2) is 85.2 Å². The van der Waals surface area contributed by atoms with E-state index in [2.05, 4.69) is 78.0 Å². The lowest BCUT2D eigenvalue weighted by atomic mass is 9.87. The number of halogens is 1. The number of carboxylic acid groups (broad SMARTS) is 1. The van der Waals surface area contributed by atoms with Gasteiger partial charge in [0.05, 0.1) is 17.2 Å². The number of nitrogens with zero attached hydrogens (tertiary/aromatic N) is 2. The highest BCUT2D eigenvalue weighted by Gasteiger charge is 2.32. The van der Waals surface area contributed by atoms with Crippen LogP contribution in [0.3, 0.4) is 0 Å². The molecule has 53 heavy (non-hydrogen) atoms. The number of rotatable bonds is 13. The molecule has 0 aliphatic carbocycles. The molecule has 0 bridgehead atoms. The van der Waals surface area contributed by atoms with E-state index in [-0.39, 0.29) is 25.8 Å². The fraction of sp³-hybridized carbons (Fsp3) is 0.262. The van der Waals surface area contributed by atoms with Crippen LogP contribution in [0.25, 0.3) is 22.3 Å². The smallest absolute Gasteiger partial charge is 0.326 e. The molecule has 0 amide bonds. The third kappa shape index (κ3) is 8.20. The number of aliphatic hydroxyl groups excluding tert-OH is 1. The lowest BCUT2D eigenvalue weighted by molar-refractivity contribution is -0.145. The predicted octanol–water partition coefficient (Wildman–Crippen LogP) is 6.74. The number of ether oxygens (including phenoxy) is 2. The Morgan fingerprint density at radius 2 is 1.74 bits per heavy atom. The summed E-state index contributed by atoms with van der Waals surface area (Å²) in [6.45, 7) is 6.93. The second-order valence-corrected chi connectivity index (χ2v) is 13.9. The van der Waals surface area contributed by atoms with Gasteiger partial charge >= 0.3 is 5.97 Å². The second kappa shape index (κ2) is 16.2. The number of aliphatic carboxylic acids is 1. The van der Waals surface area contributed by atoms with Crippen LogP contribution < -0.4 is 25.8 Å². The molecule has 272 valence electrons. The number of fused-ring (bicyclic) bond motifs is 1. The number of pyridine rings is 1. The average Bonchev–Trinajstić information content (AvgIpc) is 3.16. The molecule has 0 saturated carbocycles. The van der Waals surface area contributed by atoms with Gasteiger partial charge in [-0.3, -0.25) is 15.1 Å². The van der Waals surface area contributed by atoms with E-state index >= 15 is 0 Å². The third-order valence-corrected chi connectivity index (χ3v) is 10.2. The normalized spacial score (nSPS) is 14.8. The van der Waals surface area contributed by atoms with Crippen molar-refractivity contribution in [2.75, 3.05) is 13.2 Å². The maximum atomic E-state index is 11.8. The van der Waals surface area contributed by atoms with Crippen LogP contribution in [-0.2, 0) is 31.1 Å². The minimum Gasteiger partial charge on any atom is -0.488 e. The van der Waals surface area contributed by atoms with E-state index in [0.717, 1.165) is 46.5 Å². The third-order valence-electron chi connectivity index (χ3n) is 9.88. The summed E-state index contributed by atoms with van der Waals surface area (Å²) in [5, 5.41) is 35.3. The molecular weight excluding hydrogens is 690 g/mol. The number of carbonyl (C=O) groups is 1. The summed E-state index contributed by atoms with van der Waals surface area (Å²) in [6, 6.07) is 26.2. The summed E-state index contributed by atoms with van der Waals surface area (Å²) in [5.41, 5.74) is 16.6. The number of hydrogen-bond donors (Lipinski definition) is 5. The molecule has 0 saturated heterocycles. The van der Waals surface area contributed by atoms with E-state index in [4.69, 9.17) is 26.8 Å². The van der Waals surface area contributed by atoms with Gasteiger partial charge in [-0.05, 0) is 89.0 Å². The Morgan fingerprint density at radius 3 is 2.49 bits per heavy atom. The molecule has 1 aliphatic rings. The number of hydrogen-bond acceptors (Lipinski definition) is 9. The molecule has 0 radical (unpaired) electrons. The number of carboxylic acids is 1. The Morgan fingerprint density at radius 1 is 1.00 bits per heavy atom. The highest BCUT2D eigenvalue weighted by Crippen LogP contribution is 2.38. The second-order valence-electron chi connectivity index (χ2n) is 13.5. The van der Waals surface area contributed by atoms with Crippen molar-refractivity contribution in [1.29, 1.82) is 5.26 Å². The summed E-state index contributed by atoms with van der Waals surface area (Å²) in [4.78, 5) is 15.9. The molecule has 6 rings (SSSR count).